The second kappa shape index (κ2) is 9.47. The maximum atomic E-state index is 12.3. The van der Waals surface area contributed by atoms with Gasteiger partial charge in [0, 0.05) is 12.1 Å². The highest BCUT2D eigenvalue weighted by molar-refractivity contribution is 5.90. The van der Waals surface area contributed by atoms with Crippen LogP contribution in [-0.2, 0) is 16.1 Å². The number of hydrogen-bond acceptors (Lipinski definition) is 6. The van der Waals surface area contributed by atoms with E-state index < -0.39 is 12.1 Å². The molecule has 0 heterocycles. The first-order valence-electron chi connectivity index (χ1n) is 8.32. The molecule has 1 amide bonds. The first-order chi connectivity index (χ1) is 13.0. The van der Waals surface area contributed by atoms with Crippen molar-refractivity contribution in [1.82, 2.24) is 5.32 Å². The summed E-state index contributed by atoms with van der Waals surface area (Å²) in [4.78, 5) is 24.0. The van der Waals surface area contributed by atoms with Gasteiger partial charge in [-0.2, -0.15) is 0 Å². The van der Waals surface area contributed by atoms with Crippen LogP contribution in [0, 0.1) is 0 Å². The Hall–Kier alpha value is -3.22. The summed E-state index contributed by atoms with van der Waals surface area (Å²) in [5.41, 5.74) is 1.19. The van der Waals surface area contributed by atoms with E-state index in [1.807, 2.05) is 24.3 Å². The second-order valence-electron chi connectivity index (χ2n) is 5.65. The number of esters is 1. The van der Waals surface area contributed by atoms with E-state index >= 15 is 0 Å². The normalized spacial score (nSPS) is 11.3. The largest absolute Gasteiger partial charge is 0.496 e. The maximum absolute atomic E-state index is 12.3. The topological polar surface area (TPSA) is 83.1 Å². The van der Waals surface area contributed by atoms with Crippen LogP contribution >= 0.6 is 0 Å². The second-order valence-corrected chi connectivity index (χ2v) is 5.65. The fourth-order valence-corrected chi connectivity index (χ4v) is 2.43. The van der Waals surface area contributed by atoms with Gasteiger partial charge < -0.3 is 24.3 Å². The number of hydrogen-bond donors (Lipinski definition) is 1. The molecule has 7 nitrogen and oxygen atoms in total. The molecule has 0 spiro atoms. The summed E-state index contributed by atoms with van der Waals surface area (Å²) >= 11 is 0. The molecule has 0 aliphatic rings. The van der Waals surface area contributed by atoms with Crippen LogP contribution in [0.4, 0.5) is 0 Å². The Kier molecular flexibility index (Phi) is 7.05. The summed E-state index contributed by atoms with van der Waals surface area (Å²) in [6.45, 7) is 1.94. The summed E-state index contributed by atoms with van der Waals surface area (Å²) in [5.74, 6) is 0.612. The number of ether oxygens (including phenoxy) is 4. The number of amides is 1. The van der Waals surface area contributed by atoms with E-state index in [1.54, 1.807) is 26.2 Å². The minimum atomic E-state index is -0.766. The van der Waals surface area contributed by atoms with E-state index in [0.29, 0.717) is 29.4 Å². The van der Waals surface area contributed by atoms with Gasteiger partial charge in [-0.3, -0.25) is 4.79 Å². The molecule has 0 bridgehead atoms. The van der Waals surface area contributed by atoms with Crippen molar-refractivity contribution in [3.05, 3.63) is 53.6 Å². The van der Waals surface area contributed by atoms with E-state index in [-0.39, 0.29) is 5.91 Å². The zero-order valence-corrected chi connectivity index (χ0v) is 15.8. The molecular formula is C20H23NO6. The number of para-hydroxylation sites is 1. The van der Waals surface area contributed by atoms with Crippen molar-refractivity contribution < 1.29 is 28.5 Å². The van der Waals surface area contributed by atoms with Crippen molar-refractivity contribution in [2.45, 2.75) is 19.6 Å². The first-order valence-corrected chi connectivity index (χ1v) is 8.32. The van der Waals surface area contributed by atoms with Crippen molar-refractivity contribution in [2.24, 2.45) is 0 Å². The number of carbonyl (C=O) groups is 2. The Labute approximate surface area is 158 Å². The number of nitrogens with one attached hydrogen (secondary N) is 1. The Balaban J connectivity index is 2.02. The lowest BCUT2D eigenvalue weighted by Gasteiger charge is -2.17. The van der Waals surface area contributed by atoms with Gasteiger partial charge in [0.25, 0.3) is 5.91 Å². The van der Waals surface area contributed by atoms with Gasteiger partial charge in [0.05, 0.1) is 26.9 Å². The SMILES string of the molecule is COC(=O)c1ccc(OC(C)C(=O)NCc2ccccc2OC)c(OC)c1. The van der Waals surface area contributed by atoms with Crippen LogP contribution < -0.4 is 19.5 Å². The van der Waals surface area contributed by atoms with Crippen molar-refractivity contribution in [2.75, 3.05) is 21.3 Å². The van der Waals surface area contributed by atoms with Crippen molar-refractivity contribution >= 4 is 11.9 Å². The summed E-state index contributed by atoms with van der Waals surface area (Å²) < 4.78 is 20.9. The average molecular weight is 373 g/mol. The third-order valence-electron chi connectivity index (χ3n) is 3.90. The summed E-state index contributed by atoms with van der Waals surface area (Å²) in [6, 6.07) is 12.0. The van der Waals surface area contributed by atoms with Gasteiger partial charge >= 0.3 is 5.97 Å². The number of methoxy groups -OCH3 is 3. The number of benzene rings is 2. The summed E-state index contributed by atoms with van der Waals surface area (Å²) in [7, 11) is 4.33. The minimum Gasteiger partial charge on any atom is -0.496 e. The molecule has 144 valence electrons. The Morgan fingerprint density at radius 3 is 2.33 bits per heavy atom. The third kappa shape index (κ3) is 5.13. The van der Waals surface area contributed by atoms with E-state index in [1.165, 1.54) is 20.3 Å². The highest BCUT2D eigenvalue weighted by atomic mass is 16.5. The lowest BCUT2D eigenvalue weighted by Crippen LogP contribution is -2.36. The number of rotatable bonds is 8. The molecule has 1 atom stereocenters. The molecular weight excluding hydrogens is 350 g/mol. The van der Waals surface area contributed by atoms with Gasteiger partial charge in [-0.15, -0.1) is 0 Å². The zero-order chi connectivity index (χ0) is 19.8. The molecule has 1 N–H and O–H groups in total. The van der Waals surface area contributed by atoms with E-state index in [0.717, 1.165) is 5.56 Å². The Morgan fingerprint density at radius 2 is 1.67 bits per heavy atom. The molecule has 27 heavy (non-hydrogen) atoms. The molecule has 0 aliphatic carbocycles. The molecule has 0 aliphatic heterocycles. The van der Waals surface area contributed by atoms with Crippen LogP contribution in [-0.4, -0.2) is 39.3 Å². The lowest BCUT2D eigenvalue weighted by molar-refractivity contribution is -0.127. The summed E-state index contributed by atoms with van der Waals surface area (Å²) in [5, 5.41) is 2.81. The molecule has 0 radical (unpaired) electrons. The highest BCUT2D eigenvalue weighted by Crippen LogP contribution is 2.29. The van der Waals surface area contributed by atoms with Crippen molar-refractivity contribution in [3.63, 3.8) is 0 Å². The minimum absolute atomic E-state index is 0.292. The standard InChI is InChI=1S/C20H23NO6/c1-13(19(22)21-12-15-7-5-6-8-16(15)24-2)27-17-10-9-14(20(23)26-4)11-18(17)25-3/h5-11,13H,12H2,1-4H3,(H,21,22). The molecule has 0 saturated carbocycles. The quantitative estimate of drug-likeness (QED) is 0.716. The van der Waals surface area contributed by atoms with Crippen LogP contribution in [0.15, 0.2) is 42.5 Å². The molecule has 7 heteroatoms. The fourth-order valence-electron chi connectivity index (χ4n) is 2.43. The van der Waals surface area contributed by atoms with Crippen molar-refractivity contribution in [1.29, 1.82) is 0 Å². The van der Waals surface area contributed by atoms with Crippen LogP contribution in [0.3, 0.4) is 0 Å². The molecule has 2 rings (SSSR count). The van der Waals surface area contributed by atoms with Crippen LogP contribution in [0.5, 0.6) is 17.2 Å². The fraction of sp³-hybridized carbons (Fsp3) is 0.300. The van der Waals surface area contributed by atoms with Gasteiger partial charge in [0.2, 0.25) is 0 Å². The van der Waals surface area contributed by atoms with Gasteiger partial charge in [0.1, 0.15) is 5.75 Å². The molecule has 2 aromatic rings. The van der Waals surface area contributed by atoms with Crippen molar-refractivity contribution in [3.8, 4) is 17.2 Å². The maximum Gasteiger partial charge on any atom is 0.337 e. The lowest BCUT2D eigenvalue weighted by atomic mass is 10.2. The van der Waals surface area contributed by atoms with Gasteiger partial charge in [-0.05, 0) is 31.2 Å². The molecule has 2 aromatic carbocycles. The molecule has 1 unspecified atom stereocenters. The van der Waals surface area contributed by atoms with Crippen LogP contribution in [0.2, 0.25) is 0 Å². The first kappa shape index (κ1) is 20.1. The Morgan fingerprint density at radius 1 is 0.963 bits per heavy atom. The molecule has 0 fully saturated rings. The van der Waals surface area contributed by atoms with Crippen LogP contribution in [0.1, 0.15) is 22.8 Å². The van der Waals surface area contributed by atoms with Gasteiger partial charge in [0.15, 0.2) is 17.6 Å². The average Bonchev–Trinajstić information content (AvgIpc) is 2.71. The van der Waals surface area contributed by atoms with E-state index in [9.17, 15) is 9.59 Å². The molecule has 0 saturated heterocycles. The predicted octanol–water partition coefficient (Wildman–Crippen LogP) is 2.57. The third-order valence-corrected chi connectivity index (χ3v) is 3.90. The highest BCUT2D eigenvalue weighted by Gasteiger charge is 2.18. The van der Waals surface area contributed by atoms with Gasteiger partial charge in [-0.25, -0.2) is 4.79 Å². The summed E-state index contributed by atoms with van der Waals surface area (Å²) in [6.07, 6.45) is -0.766. The zero-order valence-electron chi connectivity index (χ0n) is 15.8. The Bertz CT molecular complexity index is 805. The van der Waals surface area contributed by atoms with E-state index in [2.05, 4.69) is 10.1 Å². The van der Waals surface area contributed by atoms with Gasteiger partial charge in [-0.1, -0.05) is 18.2 Å². The van der Waals surface area contributed by atoms with Crippen LogP contribution in [0.25, 0.3) is 0 Å². The smallest absolute Gasteiger partial charge is 0.337 e. The monoisotopic (exact) mass is 373 g/mol. The van der Waals surface area contributed by atoms with E-state index in [4.69, 9.17) is 14.2 Å². The number of carbonyl (C=O) groups excluding carboxylic acids is 2. The molecule has 0 aromatic heterocycles. The predicted molar refractivity (Wildman–Crippen MR) is 99.3 cm³/mol.